The number of aromatic nitrogens is 2. The fraction of sp³-hybridized carbons (Fsp3) is 0.615. The number of methoxy groups -OCH3 is 1. The third-order valence-corrected chi connectivity index (χ3v) is 4.59. The maximum absolute atomic E-state index is 11.8. The van der Waals surface area contributed by atoms with Gasteiger partial charge in [-0.25, -0.2) is 4.98 Å². The van der Waals surface area contributed by atoms with Crippen LogP contribution in [0.3, 0.4) is 0 Å². The van der Waals surface area contributed by atoms with Gasteiger partial charge in [0, 0.05) is 13.1 Å². The summed E-state index contributed by atoms with van der Waals surface area (Å²) in [7, 11) is 3.21. The average Bonchev–Trinajstić information content (AvgIpc) is 3.03. The van der Waals surface area contributed by atoms with Gasteiger partial charge in [0.2, 0.25) is 5.95 Å². The quantitative estimate of drug-likeness (QED) is 0.827. The maximum atomic E-state index is 11.8. The van der Waals surface area contributed by atoms with E-state index < -0.39 is 0 Å². The molecule has 3 atom stereocenters. The molecule has 0 saturated heterocycles. The number of hydrogen-bond donors (Lipinski definition) is 2. The largest absolute Gasteiger partial charge is 0.469 e. The Morgan fingerprint density at radius 3 is 3.05 bits per heavy atom. The van der Waals surface area contributed by atoms with Crippen LogP contribution < -0.4 is 10.6 Å². The molecule has 2 N–H and O–H groups in total. The number of nitrogens with zero attached hydrogens (tertiary/aromatic N) is 2. The van der Waals surface area contributed by atoms with Crippen LogP contribution in [0.15, 0.2) is 6.20 Å². The maximum Gasteiger partial charge on any atom is 0.312 e. The van der Waals surface area contributed by atoms with Crippen molar-refractivity contribution in [2.75, 3.05) is 24.8 Å². The average molecular weight is 297 g/mol. The number of halogens is 1. The van der Waals surface area contributed by atoms with Gasteiger partial charge < -0.3 is 15.4 Å². The Kier molecular flexibility index (Phi) is 3.20. The number of rotatable bonds is 4. The van der Waals surface area contributed by atoms with Gasteiger partial charge in [0.15, 0.2) is 0 Å². The number of carbonyl (C=O) groups is 1. The predicted molar refractivity (Wildman–Crippen MR) is 75.8 cm³/mol. The van der Waals surface area contributed by atoms with Crippen LogP contribution in [0.1, 0.15) is 19.3 Å². The molecular weight excluding hydrogens is 280 g/mol. The van der Waals surface area contributed by atoms with E-state index in [2.05, 4.69) is 20.6 Å². The summed E-state index contributed by atoms with van der Waals surface area (Å²) < 4.78 is 4.90. The zero-order valence-electron chi connectivity index (χ0n) is 11.4. The summed E-state index contributed by atoms with van der Waals surface area (Å²) in [6, 6.07) is 0.207. The molecule has 0 bridgehead atoms. The molecule has 0 unspecified atom stereocenters. The lowest BCUT2D eigenvalue weighted by molar-refractivity contribution is -0.147. The van der Waals surface area contributed by atoms with Crippen molar-refractivity contribution >= 4 is 29.3 Å². The van der Waals surface area contributed by atoms with Gasteiger partial charge in [-0.15, -0.1) is 0 Å². The highest BCUT2D eigenvalue weighted by molar-refractivity contribution is 6.32. The first-order valence-electron chi connectivity index (χ1n) is 6.64. The number of carbonyl (C=O) groups excluding carboxylic acids is 1. The molecule has 6 nitrogen and oxygen atoms in total. The van der Waals surface area contributed by atoms with Crippen LogP contribution in [0.25, 0.3) is 0 Å². The highest BCUT2D eigenvalue weighted by Crippen LogP contribution is 2.64. The SMILES string of the molecule is CNc1nc(N[C@@H]2C[C@H]3C[C@@]3(C(=O)OC)C2)ncc1Cl. The normalized spacial score (nSPS) is 30.6. The van der Waals surface area contributed by atoms with E-state index in [1.807, 2.05) is 0 Å². The number of hydrogen-bond acceptors (Lipinski definition) is 6. The van der Waals surface area contributed by atoms with E-state index in [1.54, 1.807) is 13.2 Å². The molecule has 0 amide bonds. The molecule has 3 rings (SSSR count). The highest BCUT2D eigenvalue weighted by atomic mass is 35.5. The zero-order chi connectivity index (χ0) is 14.3. The van der Waals surface area contributed by atoms with Crippen LogP contribution in [0.5, 0.6) is 0 Å². The number of anilines is 2. The molecule has 2 fully saturated rings. The third-order valence-electron chi connectivity index (χ3n) is 4.32. The van der Waals surface area contributed by atoms with Gasteiger partial charge in [-0.2, -0.15) is 4.98 Å². The lowest BCUT2D eigenvalue weighted by Crippen LogP contribution is -2.24. The monoisotopic (exact) mass is 296 g/mol. The second-order valence-electron chi connectivity index (χ2n) is 5.47. The van der Waals surface area contributed by atoms with Crippen molar-refractivity contribution < 1.29 is 9.53 Å². The Hall–Kier alpha value is -1.56. The van der Waals surface area contributed by atoms with Gasteiger partial charge in [0.25, 0.3) is 0 Å². The number of fused-ring (bicyclic) bond motifs is 1. The molecule has 1 heterocycles. The molecule has 1 aromatic rings. The van der Waals surface area contributed by atoms with E-state index >= 15 is 0 Å². The number of esters is 1. The highest BCUT2D eigenvalue weighted by Gasteiger charge is 2.66. The zero-order valence-corrected chi connectivity index (χ0v) is 12.2. The summed E-state index contributed by atoms with van der Waals surface area (Å²) >= 11 is 5.95. The van der Waals surface area contributed by atoms with Gasteiger partial charge in [-0.3, -0.25) is 4.79 Å². The summed E-state index contributed by atoms with van der Waals surface area (Å²) in [5.41, 5.74) is -0.259. The van der Waals surface area contributed by atoms with Crippen LogP contribution in [-0.2, 0) is 9.53 Å². The topological polar surface area (TPSA) is 76.1 Å². The molecule has 108 valence electrons. The Morgan fingerprint density at radius 1 is 1.55 bits per heavy atom. The fourth-order valence-electron chi connectivity index (χ4n) is 3.25. The minimum absolute atomic E-state index is 0.0836. The van der Waals surface area contributed by atoms with Crippen molar-refractivity contribution in [3.8, 4) is 0 Å². The molecule has 1 aromatic heterocycles. The van der Waals surface area contributed by atoms with Crippen molar-refractivity contribution in [3.05, 3.63) is 11.2 Å². The molecule has 0 aromatic carbocycles. The van der Waals surface area contributed by atoms with Crippen LogP contribution >= 0.6 is 11.6 Å². The Bertz CT molecular complexity index is 553. The van der Waals surface area contributed by atoms with Crippen LogP contribution in [0.4, 0.5) is 11.8 Å². The van der Waals surface area contributed by atoms with Gasteiger partial charge in [-0.1, -0.05) is 11.6 Å². The number of nitrogens with one attached hydrogen (secondary N) is 2. The smallest absolute Gasteiger partial charge is 0.312 e. The van der Waals surface area contributed by atoms with Crippen LogP contribution in [0.2, 0.25) is 5.02 Å². The molecule has 7 heteroatoms. The summed E-state index contributed by atoms with van der Waals surface area (Å²) in [5, 5.41) is 6.68. The fourth-order valence-corrected chi connectivity index (χ4v) is 3.43. The standard InChI is InChI=1S/C13H17ClN4O2/c1-15-10-9(14)6-16-12(18-10)17-8-3-7-4-13(7,5-8)11(19)20-2/h6-8H,3-5H2,1-2H3,(H2,15,16,17,18)/t7-,8+,13+/m0/s1. The van der Waals surface area contributed by atoms with Crippen molar-refractivity contribution in [3.63, 3.8) is 0 Å². The first-order valence-corrected chi connectivity index (χ1v) is 7.02. The van der Waals surface area contributed by atoms with Crippen molar-refractivity contribution in [2.45, 2.75) is 25.3 Å². The molecule has 0 radical (unpaired) electrons. The minimum Gasteiger partial charge on any atom is -0.469 e. The molecule has 0 spiro atoms. The third kappa shape index (κ3) is 2.08. The number of ether oxygens (including phenoxy) is 1. The predicted octanol–water partition coefficient (Wildman–Crippen LogP) is 1.93. The summed E-state index contributed by atoms with van der Waals surface area (Å²) in [6.45, 7) is 0. The lowest BCUT2D eigenvalue weighted by Gasteiger charge is -2.17. The Morgan fingerprint density at radius 2 is 2.35 bits per heavy atom. The lowest BCUT2D eigenvalue weighted by atomic mass is 10.0. The first kappa shape index (κ1) is 13.4. The van der Waals surface area contributed by atoms with Crippen LogP contribution in [-0.4, -0.2) is 36.1 Å². The van der Waals surface area contributed by atoms with Crippen LogP contribution in [0, 0.1) is 11.3 Å². The first-order chi connectivity index (χ1) is 9.59. The van der Waals surface area contributed by atoms with Gasteiger partial charge >= 0.3 is 5.97 Å². The summed E-state index contributed by atoms with van der Waals surface area (Å²) in [6.07, 6.45) is 4.25. The van der Waals surface area contributed by atoms with Gasteiger partial charge in [0.05, 0.1) is 18.7 Å². The summed E-state index contributed by atoms with van der Waals surface area (Å²) in [5.74, 6) is 1.48. The van der Waals surface area contributed by atoms with E-state index in [9.17, 15) is 4.79 Å². The van der Waals surface area contributed by atoms with Gasteiger partial charge in [-0.05, 0) is 25.2 Å². The van der Waals surface area contributed by atoms with Crippen molar-refractivity contribution in [1.82, 2.24) is 9.97 Å². The second kappa shape index (κ2) is 4.77. The van der Waals surface area contributed by atoms with E-state index in [1.165, 1.54) is 7.11 Å². The van der Waals surface area contributed by atoms with E-state index in [-0.39, 0.29) is 17.4 Å². The molecular formula is C13H17ClN4O2. The van der Waals surface area contributed by atoms with E-state index in [0.29, 0.717) is 22.7 Å². The molecule has 2 aliphatic rings. The Labute approximate surface area is 122 Å². The summed E-state index contributed by atoms with van der Waals surface area (Å²) in [4.78, 5) is 20.3. The van der Waals surface area contributed by atoms with E-state index in [0.717, 1.165) is 19.3 Å². The molecule has 2 aliphatic carbocycles. The minimum atomic E-state index is -0.259. The second-order valence-corrected chi connectivity index (χ2v) is 5.88. The van der Waals surface area contributed by atoms with Crippen molar-refractivity contribution in [2.24, 2.45) is 11.3 Å². The van der Waals surface area contributed by atoms with Crippen molar-refractivity contribution in [1.29, 1.82) is 0 Å². The molecule has 20 heavy (non-hydrogen) atoms. The Balaban J connectivity index is 1.67. The van der Waals surface area contributed by atoms with Gasteiger partial charge in [0.1, 0.15) is 10.8 Å². The van der Waals surface area contributed by atoms with E-state index in [4.69, 9.17) is 16.3 Å². The molecule has 0 aliphatic heterocycles. The molecule has 2 saturated carbocycles.